The number of carbonyl (C=O) groups excluding carboxylic acids is 1. The Balaban J connectivity index is 3.65. The molecule has 0 atom stereocenters. The molecule has 21 heavy (non-hydrogen) atoms. The quantitative estimate of drug-likeness (QED) is 0.757. The molecule has 0 unspecified atom stereocenters. The van der Waals surface area contributed by atoms with Gasteiger partial charge >= 0.3 is 0 Å². The number of hydrogen-bond donors (Lipinski definition) is 0. The van der Waals surface area contributed by atoms with E-state index in [0.29, 0.717) is 13.1 Å². The van der Waals surface area contributed by atoms with Crippen molar-refractivity contribution in [3.63, 3.8) is 0 Å². The van der Waals surface area contributed by atoms with Gasteiger partial charge < -0.3 is 4.90 Å². The van der Waals surface area contributed by atoms with E-state index in [1.807, 2.05) is 19.6 Å². The smallest absolute Gasteiger partial charge is 0.264 e. The van der Waals surface area contributed by atoms with Gasteiger partial charge in [0.25, 0.3) is 12.3 Å². The van der Waals surface area contributed by atoms with Crippen LogP contribution in [0, 0.1) is 5.82 Å². The zero-order valence-electron chi connectivity index (χ0n) is 13.1. The van der Waals surface area contributed by atoms with Gasteiger partial charge in [0.2, 0.25) is 0 Å². The van der Waals surface area contributed by atoms with Crippen molar-refractivity contribution in [3.05, 3.63) is 29.1 Å². The van der Waals surface area contributed by atoms with Gasteiger partial charge in [-0.05, 0) is 31.2 Å². The Morgan fingerprint density at radius 3 is 2.10 bits per heavy atom. The van der Waals surface area contributed by atoms with Crippen molar-refractivity contribution >= 4 is 19.2 Å². The SMILES string of the molecule is CCN(CC)C(=O)c1c(C(F)F)ccc(F)c1[Si](C)(C)C. The van der Waals surface area contributed by atoms with E-state index in [1.165, 1.54) is 4.90 Å². The third-order valence-electron chi connectivity index (χ3n) is 3.44. The molecule has 0 aliphatic heterocycles. The van der Waals surface area contributed by atoms with Crippen LogP contribution < -0.4 is 5.19 Å². The topological polar surface area (TPSA) is 20.3 Å². The van der Waals surface area contributed by atoms with Crippen LogP contribution in [-0.4, -0.2) is 32.0 Å². The van der Waals surface area contributed by atoms with Crippen LogP contribution in [0.25, 0.3) is 0 Å². The van der Waals surface area contributed by atoms with E-state index in [-0.39, 0.29) is 16.3 Å². The minimum Gasteiger partial charge on any atom is -0.339 e. The second kappa shape index (κ2) is 6.64. The van der Waals surface area contributed by atoms with E-state index in [0.717, 1.165) is 12.1 Å². The number of carbonyl (C=O) groups is 1. The Kier molecular flexibility index (Phi) is 5.61. The summed E-state index contributed by atoms with van der Waals surface area (Å²) in [6.45, 7) is 9.90. The minimum absolute atomic E-state index is 0.132. The van der Waals surface area contributed by atoms with Crippen LogP contribution in [-0.2, 0) is 0 Å². The van der Waals surface area contributed by atoms with Crippen molar-refractivity contribution in [3.8, 4) is 0 Å². The van der Waals surface area contributed by atoms with Gasteiger partial charge in [-0.15, -0.1) is 0 Å². The number of alkyl halides is 2. The first-order valence-electron chi connectivity index (χ1n) is 7.05. The average molecular weight is 317 g/mol. The molecule has 2 nitrogen and oxygen atoms in total. The van der Waals surface area contributed by atoms with E-state index in [2.05, 4.69) is 0 Å². The second-order valence-electron chi connectivity index (χ2n) is 5.91. The normalized spacial score (nSPS) is 11.9. The first-order valence-corrected chi connectivity index (χ1v) is 10.5. The first kappa shape index (κ1) is 17.7. The summed E-state index contributed by atoms with van der Waals surface area (Å²) in [6.07, 6.45) is -2.80. The Hall–Kier alpha value is -1.30. The standard InChI is InChI=1S/C15H22F3NOSi/c1-6-19(7-2)15(20)12-10(14(17)18)8-9-11(16)13(12)21(3,4)5/h8-9,14H,6-7H2,1-5H3. The maximum Gasteiger partial charge on any atom is 0.264 e. The minimum atomic E-state index is -2.80. The van der Waals surface area contributed by atoms with Gasteiger partial charge in [-0.3, -0.25) is 4.79 Å². The molecule has 1 aromatic rings. The van der Waals surface area contributed by atoms with Gasteiger partial charge in [-0.25, -0.2) is 13.2 Å². The van der Waals surface area contributed by atoms with Crippen molar-refractivity contribution in [2.75, 3.05) is 13.1 Å². The summed E-state index contributed by atoms with van der Waals surface area (Å²) >= 11 is 0. The summed E-state index contributed by atoms with van der Waals surface area (Å²) < 4.78 is 40.8. The molecule has 0 heterocycles. The van der Waals surface area contributed by atoms with E-state index >= 15 is 0 Å². The number of benzene rings is 1. The van der Waals surface area contributed by atoms with Crippen molar-refractivity contribution in [1.82, 2.24) is 4.90 Å². The molecule has 0 fully saturated rings. The number of rotatable bonds is 5. The highest BCUT2D eigenvalue weighted by Gasteiger charge is 2.33. The highest BCUT2D eigenvalue weighted by molar-refractivity contribution is 6.89. The molecule has 0 saturated carbocycles. The Bertz CT molecular complexity index is 522. The molecule has 0 N–H and O–H groups in total. The number of nitrogens with zero attached hydrogens (tertiary/aromatic N) is 1. The van der Waals surface area contributed by atoms with Crippen LogP contribution in [0.4, 0.5) is 13.2 Å². The molecule has 0 aliphatic carbocycles. The van der Waals surface area contributed by atoms with Gasteiger partial charge in [-0.2, -0.15) is 0 Å². The largest absolute Gasteiger partial charge is 0.339 e. The van der Waals surface area contributed by atoms with Crippen molar-refractivity contribution in [1.29, 1.82) is 0 Å². The van der Waals surface area contributed by atoms with Crippen molar-refractivity contribution < 1.29 is 18.0 Å². The highest BCUT2D eigenvalue weighted by atomic mass is 28.3. The second-order valence-corrected chi connectivity index (χ2v) is 10.9. The summed E-state index contributed by atoms with van der Waals surface area (Å²) in [6, 6.07) is 2.08. The lowest BCUT2D eigenvalue weighted by Crippen LogP contribution is -2.47. The van der Waals surface area contributed by atoms with Crippen LogP contribution in [0.5, 0.6) is 0 Å². The summed E-state index contributed by atoms with van der Waals surface area (Å²) in [4.78, 5) is 14.0. The molecule has 0 spiro atoms. The predicted octanol–water partition coefficient (Wildman–Crippen LogP) is 3.79. The van der Waals surface area contributed by atoms with Crippen LogP contribution in [0.2, 0.25) is 19.6 Å². The monoisotopic (exact) mass is 317 g/mol. The highest BCUT2D eigenvalue weighted by Crippen LogP contribution is 2.26. The number of amides is 1. The molecule has 0 aliphatic rings. The predicted molar refractivity (Wildman–Crippen MR) is 81.6 cm³/mol. The molecule has 0 bridgehead atoms. The third-order valence-corrected chi connectivity index (χ3v) is 5.43. The molecular formula is C15H22F3NOSi. The molecule has 1 rings (SSSR count). The summed E-state index contributed by atoms with van der Waals surface area (Å²) in [5.41, 5.74) is -0.501. The lowest BCUT2D eigenvalue weighted by molar-refractivity contribution is 0.0761. The van der Waals surface area contributed by atoms with E-state index < -0.39 is 26.2 Å². The fourth-order valence-corrected chi connectivity index (χ4v) is 4.21. The maximum atomic E-state index is 14.2. The van der Waals surface area contributed by atoms with E-state index in [4.69, 9.17) is 0 Å². The maximum absolute atomic E-state index is 14.2. The first-order chi connectivity index (χ1) is 9.65. The number of halogens is 3. The van der Waals surface area contributed by atoms with Gasteiger partial charge in [0.15, 0.2) is 0 Å². The third kappa shape index (κ3) is 3.67. The summed E-state index contributed by atoms with van der Waals surface area (Å²) in [5.74, 6) is -1.07. The zero-order valence-corrected chi connectivity index (χ0v) is 14.1. The van der Waals surface area contributed by atoms with Crippen LogP contribution in [0.15, 0.2) is 12.1 Å². The molecule has 118 valence electrons. The van der Waals surface area contributed by atoms with Crippen molar-refractivity contribution in [2.45, 2.75) is 39.9 Å². The lowest BCUT2D eigenvalue weighted by atomic mass is 10.1. The fraction of sp³-hybridized carbons (Fsp3) is 0.533. The van der Waals surface area contributed by atoms with Gasteiger partial charge in [0.05, 0.1) is 13.6 Å². The van der Waals surface area contributed by atoms with Crippen LogP contribution in [0.3, 0.4) is 0 Å². The lowest BCUT2D eigenvalue weighted by Gasteiger charge is -2.27. The summed E-state index contributed by atoms with van der Waals surface area (Å²) in [7, 11) is -2.29. The van der Waals surface area contributed by atoms with Crippen LogP contribution >= 0.6 is 0 Å². The molecule has 1 aromatic carbocycles. The Labute approximate surface area is 125 Å². The fourth-order valence-electron chi connectivity index (χ4n) is 2.41. The molecule has 0 saturated heterocycles. The Morgan fingerprint density at radius 2 is 1.71 bits per heavy atom. The molecule has 0 aromatic heterocycles. The van der Waals surface area contributed by atoms with E-state index in [1.54, 1.807) is 13.8 Å². The molecule has 1 amide bonds. The molecule has 0 radical (unpaired) electrons. The van der Waals surface area contributed by atoms with Gasteiger partial charge in [0, 0.05) is 18.7 Å². The zero-order chi connectivity index (χ0) is 16.4. The summed E-state index contributed by atoms with van der Waals surface area (Å²) in [5, 5.41) is 0.192. The van der Waals surface area contributed by atoms with E-state index in [9.17, 15) is 18.0 Å². The average Bonchev–Trinajstić information content (AvgIpc) is 2.37. The van der Waals surface area contributed by atoms with Gasteiger partial charge in [0.1, 0.15) is 5.82 Å². The molecular weight excluding hydrogens is 295 g/mol. The van der Waals surface area contributed by atoms with Gasteiger partial charge in [-0.1, -0.05) is 19.6 Å². The van der Waals surface area contributed by atoms with Crippen molar-refractivity contribution in [2.24, 2.45) is 0 Å². The number of hydrogen-bond acceptors (Lipinski definition) is 1. The molecule has 6 heteroatoms. The van der Waals surface area contributed by atoms with Crippen LogP contribution in [0.1, 0.15) is 36.2 Å². The Morgan fingerprint density at radius 1 is 1.19 bits per heavy atom.